The molecule has 0 spiro atoms. The molecule has 1 aromatic carbocycles. The molecule has 0 aliphatic rings. The quantitative estimate of drug-likeness (QED) is 0.475. The molecular formula is C19H18N4O3S. The molecule has 138 valence electrons. The first-order valence-electron chi connectivity index (χ1n) is 8.47. The van der Waals surface area contributed by atoms with Crippen molar-refractivity contribution in [3.63, 3.8) is 0 Å². The van der Waals surface area contributed by atoms with Crippen molar-refractivity contribution in [2.45, 2.75) is 19.3 Å². The Hall–Kier alpha value is -3.13. The Morgan fingerprint density at radius 3 is 2.67 bits per heavy atom. The van der Waals surface area contributed by atoms with E-state index in [-0.39, 0.29) is 11.6 Å². The van der Waals surface area contributed by atoms with Crippen molar-refractivity contribution in [2.24, 2.45) is 0 Å². The van der Waals surface area contributed by atoms with Crippen molar-refractivity contribution >= 4 is 22.9 Å². The maximum Gasteiger partial charge on any atom is 0.269 e. The predicted octanol–water partition coefficient (Wildman–Crippen LogP) is 3.40. The second-order valence-corrected chi connectivity index (χ2v) is 6.74. The number of thiazole rings is 1. The summed E-state index contributed by atoms with van der Waals surface area (Å²) in [6, 6.07) is 12.0. The summed E-state index contributed by atoms with van der Waals surface area (Å²) in [5.74, 6) is -0.0377. The molecule has 0 saturated heterocycles. The zero-order valence-corrected chi connectivity index (χ0v) is 15.3. The van der Waals surface area contributed by atoms with E-state index in [9.17, 15) is 14.9 Å². The standard InChI is InChI=1S/C19H18N4O3S/c24-18(21-12-10-14-4-7-16(8-5-14)23(25)26)9-6-15-13-27-19(22-15)17-3-1-2-11-20-17/h1-5,7-8,11,13H,6,9-10,12H2,(H,21,24). The Kier molecular flexibility index (Phi) is 6.22. The predicted molar refractivity (Wildman–Crippen MR) is 103 cm³/mol. The minimum atomic E-state index is -0.427. The molecule has 2 aromatic heterocycles. The Balaban J connectivity index is 1.41. The van der Waals surface area contributed by atoms with E-state index in [1.165, 1.54) is 23.5 Å². The van der Waals surface area contributed by atoms with Crippen molar-refractivity contribution < 1.29 is 9.72 Å². The van der Waals surface area contributed by atoms with Gasteiger partial charge in [-0.3, -0.25) is 19.9 Å². The van der Waals surface area contributed by atoms with Crippen LogP contribution in [0.3, 0.4) is 0 Å². The molecule has 0 saturated carbocycles. The van der Waals surface area contributed by atoms with Crippen LogP contribution in [0.2, 0.25) is 0 Å². The maximum absolute atomic E-state index is 12.0. The third kappa shape index (κ3) is 5.42. The smallest absolute Gasteiger partial charge is 0.269 e. The molecular weight excluding hydrogens is 364 g/mol. The molecule has 1 amide bonds. The minimum Gasteiger partial charge on any atom is -0.356 e. The molecule has 8 heteroatoms. The van der Waals surface area contributed by atoms with Crippen LogP contribution in [0, 0.1) is 10.1 Å². The van der Waals surface area contributed by atoms with Crippen LogP contribution < -0.4 is 5.32 Å². The van der Waals surface area contributed by atoms with Crippen molar-refractivity contribution in [3.05, 3.63) is 75.4 Å². The molecule has 3 aromatic rings. The Morgan fingerprint density at radius 2 is 1.96 bits per heavy atom. The number of nitro groups is 1. The Bertz CT molecular complexity index is 910. The average molecular weight is 382 g/mol. The highest BCUT2D eigenvalue weighted by Crippen LogP contribution is 2.21. The summed E-state index contributed by atoms with van der Waals surface area (Å²) in [6.45, 7) is 0.493. The van der Waals surface area contributed by atoms with Crippen LogP contribution in [-0.2, 0) is 17.6 Å². The first-order valence-corrected chi connectivity index (χ1v) is 9.35. The number of non-ortho nitro benzene ring substituents is 1. The van der Waals surface area contributed by atoms with Crippen molar-refractivity contribution in [1.82, 2.24) is 15.3 Å². The molecule has 1 N–H and O–H groups in total. The van der Waals surface area contributed by atoms with E-state index in [0.29, 0.717) is 25.8 Å². The first-order chi connectivity index (χ1) is 13.1. The number of carbonyl (C=O) groups is 1. The lowest BCUT2D eigenvalue weighted by atomic mass is 10.1. The lowest BCUT2D eigenvalue weighted by Crippen LogP contribution is -2.25. The van der Waals surface area contributed by atoms with Crippen molar-refractivity contribution in [2.75, 3.05) is 6.54 Å². The van der Waals surface area contributed by atoms with Gasteiger partial charge >= 0.3 is 0 Å². The number of aromatic nitrogens is 2. The lowest BCUT2D eigenvalue weighted by Gasteiger charge is -2.05. The van der Waals surface area contributed by atoms with Gasteiger partial charge in [0.1, 0.15) is 5.01 Å². The van der Waals surface area contributed by atoms with Crippen LogP contribution in [0.5, 0.6) is 0 Å². The fourth-order valence-electron chi connectivity index (χ4n) is 2.49. The summed E-state index contributed by atoms with van der Waals surface area (Å²) in [4.78, 5) is 31.0. The van der Waals surface area contributed by atoms with Gasteiger partial charge in [0.15, 0.2) is 0 Å². The van der Waals surface area contributed by atoms with Gasteiger partial charge in [-0.25, -0.2) is 4.98 Å². The van der Waals surface area contributed by atoms with Gasteiger partial charge in [-0.2, -0.15) is 0 Å². The van der Waals surface area contributed by atoms with E-state index in [2.05, 4.69) is 15.3 Å². The first kappa shape index (κ1) is 18.7. The summed E-state index contributed by atoms with van der Waals surface area (Å²) >= 11 is 1.52. The van der Waals surface area contributed by atoms with E-state index in [1.807, 2.05) is 23.6 Å². The lowest BCUT2D eigenvalue weighted by molar-refractivity contribution is -0.384. The van der Waals surface area contributed by atoms with Gasteiger partial charge < -0.3 is 5.32 Å². The van der Waals surface area contributed by atoms with Gasteiger partial charge in [-0.05, 0) is 30.5 Å². The van der Waals surface area contributed by atoms with Crippen LogP contribution in [0.25, 0.3) is 10.7 Å². The molecule has 27 heavy (non-hydrogen) atoms. The maximum atomic E-state index is 12.0. The van der Waals surface area contributed by atoms with Gasteiger partial charge in [0.25, 0.3) is 5.69 Å². The van der Waals surface area contributed by atoms with Crippen LogP contribution in [-0.4, -0.2) is 27.3 Å². The monoisotopic (exact) mass is 382 g/mol. The van der Waals surface area contributed by atoms with Gasteiger partial charge in [0.05, 0.1) is 16.3 Å². The molecule has 0 radical (unpaired) electrons. The van der Waals surface area contributed by atoms with Crippen molar-refractivity contribution in [1.29, 1.82) is 0 Å². The number of pyridine rings is 1. The zero-order valence-electron chi connectivity index (χ0n) is 14.5. The summed E-state index contributed by atoms with van der Waals surface area (Å²) in [6.07, 6.45) is 3.30. The number of hydrogen-bond acceptors (Lipinski definition) is 6. The number of nitrogens with one attached hydrogen (secondary N) is 1. The molecule has 0 aliphatic carbocycles. The molecule has 2 heterocycles. The average Bonchev–Trinajstić information content (AvgIpc) is 3.16. The van der Waals surface area contributed by atoms with Gasteiger partial charge in [0, 0.05) is 36.7 Å². The van der Waals surface area contributed by atoms with Crippen molar-refractivity contribution in [3.8, 4) is 10.7 Å². The number of carbonyl (C=O) groups excluding carboxylic acids is 1. The third-order valence-electron chi connectivity index (χ3n) is 3.93. The number of nitrogens with zero attached hydrogens (tertiary/aromatic N) is 3. The van der Waals surface area contributed by atoms with Crippen LogP contribution in [0.1, 0.15) is 17.7 Å². The van der Waals surface area contributed by atoms with Crippen LogP contribution >= 0.6 is 11.3 Å². The second kappa shape index (κ2) is 9.00. The molecule has 3 rings (SSSR count). The normalized spacial score (nSPS) is 10.5. The summed E-state index contributed by atoms with van der Waals surface area (Å²) in [5.41, 5.74) is 2.73. The Morgan fingerprint density at radius 1 is 1.15 bits per heavy atom. The number of hydrogen-bond donors (Lipinski definition) is 1. The van der Waals surface area contributed by atoms with Crippen LogP contribution in [0.4, 0.5) is 5.69 Å². The topological polar surface area (TPSA) is 98.0 Å². The second-order valence-electron chi connectivity index (χ2n) is 5.88. The SMILES string of the molecule is O=C(CCc1csc(-c2ccccn2)n1)NCCc1ccc([N+](=O)[O-])cc1. The zero-order chi connectivity index (χ0) is 19.1. The van der Waals surface area contributed by atoms with Gasteiger partial charge in [-0.1, -0.05) is 18.2 Å². The number of aryl methyl sites for hydroxylation is 1. The number of benzene rings is 1. The van der Waals surface area contributed by atoms with Gasteiger partial charge in [-0.15, -0.1) is 11.3 Å². The molecule has 0 fully saturated rings. The molecule has 0 unspecified atom stereocenters. The van der Waals surface area contributed by atoms with E-state index < -0.39 is 4.92 Å². The van der Waals surface area contributed by atoms with E-state index in [1.54, 1.807) is 18.3 Å². The molecule has 7 nitrogen and oxygen atoms in total. The van der Waals surface area contributed by atoms with Crippen LogP contribution in [0.15, 0.2) is 54.0 Å². The highest BCUT2D eigenvalue weighted by atomic mass is 32.1. The largest absolute Gasteiger partial charge is 0.356 e. The molecule has 0 atom stereocenters. The highest BCUT2D eigenvalue weighted by molar-refractivity contribution is 7.13. The Labute approximate surface area is 160 Å². The summed E-state index contributed by atoms with van der Waals surface area (Å²) in [7, 11) is 0. The number of amides is 1. The van der Waals surface area contributed by atoms with E-state index >= 15 is 0 Å². The fraction of sp³-hybridized carbons (Fsp3) is 0.211. The van der Waals surface area contributed by atoms with E-state index in [4.69, 9.17) is 0 Å². The highest BCUT2D eigenvalue weighted by Gasteiger charge is 2.08. The molecule has 0 aliphatic heterocycles. The number of nitro benzene ring substituents is 1. The van der Waals surface area contributed by atoms with Gasteiger partial charge in [0.2, 0.25) is 5.91 Å². The fourth-order valence-corrected chi connectivity index (χ4v) is 3.32. The third-order valence-corrected chi connectivity index (χ3v) is 4.84. The number of rotatable bonds is 8. The van der Waals surface area contributed by atoms with E-state index in [0.717, 1.165) is 22.0 Å². The minimum absolute atomic E-state index is 0.0377. The molecule has 0 bridgehead atoms. The summed E-state index contributed by atoms with van der Waals surface area (Å²) in [5, 5.41) is 16.3. The summed E-state index contributed by atoms with van der Waals surface area (Å²) < 4.78 is 0.